The van der Waals surface area contributed by atoms with E-state index in [1.807, 2.05) is 79.7 Å². The van der Waals surface area contributed by atoms with Crippen molar-refractivity contribution in [3.63, 3.8) is 0 Å². The van der Waals surface area contributed by atoms with Crippen molar-refractivity contribution in [1.82, 2.24) is 4.57 Å². The van der Waals surface area contributed by atoms with Crippen LogP contribution in [0.1, 0.15) is 21.6 Å². The number of aryl methyl sites for hydroxylation is 1. The van der Waals surface area contributed by atoms with Crippen molar-refractivity contribution < 1.29 is 9.90 Å². The normalized spacial score (nSPS) is 10.9. The Morgan fingerprint density at radius 3 is 2.18 bits per heavy atom. The van der Waals surface area contributed by atoms with Crippen LogP contribution < -0.4 is 5.56 Å². The molecule has 0 unspecified atom stereocenters. The third-order valence-electron chi connectivity index (χ3n) is 4.88. The molecule has 4 rings (SSSR count). The molecule has 0 amide bonds. The van der Waals surface area contributed by atoms with Gasteiger partial charge in [-0.1, -0.05) is 78.4 Å². The Balaban J connectivity index is 2.13. The lowest BCUT2D eigenvalue weighted by Gasteiger charge is -2.18. The summed E-state index contributed by atoms with van der Waals surface area (Å²) in [5.41, 5.74) is 2.91. The molecule has 0 aliphatic carbocycles. The monoisotopic (exact) mass is 369 g/mol. The van der Waals surface area contributed by atoms with Crippen LogP contribution in [0.3, 0.4) is 0 Å². The Morgan fingerprint density at radius 2 is 1.54 bits per heavy atom. The highest BCUT2D eigenvalue weighted by molar-refractivity contribution is 6.06. The zero-order valence-corrected chi connectivity index (χ0v) is 15.4. The molecule has 0 fully saturated rings. The van der Waals surface area contributed by atoms with E-state index in [2.05, 4.69) is 0 Å². The topological polar surface area (TPSA) is 59.3 Å². The highest BCUT2D eigenvalue weighted by Gasteiger charge is 2.23. The molecule has 1 heterocycles. The number of nitrogens with zero attached hydrogens (tertiary/aromatic N) is 1. The highest BCUT2D eigenvalue weighted by atomic mass is 16.4. The summed E-state index contributed by atoms with van der Waals surface area (Å²) >= 11 is 0. The Hall–Kier alpha value is -3.66. The number of hydrogen-bond acceptors (Lipinski definition) is 2. The third-order valence-corrected chi connectivity index (χ3v) is 4.88. The number of aromatic nitrogens is 1. The van der Waals surface area contributed by atoms with Crippen molar-refractivity contribution in [1.29, 1.82) is 0 Å². The largest absolute Gasteiger partial charge is 0.477 e. The molecule has 0 aliphatic heterocycles. The van der Waals surface area contributed by atoms with Gasteiger partial charge in [0.25, 0.3) is 5.56 Å². The van der Waals surface area contributed by atoms with Crippen LogP contribution in [0.5, 0.6) is 0 Å². The van der Waals surface area contributed by atoms with Crippen molar-refractivity contribution in [2.75, 3.05) is 0 Å². The van der Waals surface area contributed by atoms with E-state index < -0.39 is 5.97 Å². The number of pyridine rings is 1. The summed E-state index contributed by atoms with van der Waals surface area (Å²) in [6, 6.07) is 24.4. The average molecular weight is 369 g/mol. The number of hydrogen-bond donors (Lipinski definition) is 1. The van der Waals surface area contributed by atoms with Crippen LogP contribution in [0, 0.1) is 6.92 Å². The Kier molecular flexibility index (Phi) is 4.53. The minimum absolute atomic E-state index is 0.0122. The molecule has 1 N–H and O–H groups in total. The number of benzene rings is 3. The number of carbonyl (C=O) groups is 1. The van der Waals surface area contributed by atoms with Gasteiger partial charge in [0.2, 0.25) is 0 Å². The molecule has 0 radical (unpaired) electrons. The van der Waals surface area contributed by atoms with Crippen LogP contribution >= 0.6 is 0 Å². The second-order valence-corrected chi connectivity index (χ2v) is 6.82. The summed E-state index contributed by atoms with van der Waals surface area (Å²) in [6.07, 6.45) is 0. The molecule has 1 aromatic heterocycles. The first kappa shape index (κ1) is 17.7. The fourth-order valence-electron chi connectivity index (χ4n) is 3.60. The van der Waals surface area contributed by atoms with Crippen LogP contribution in [-0.2, 0) is 6.54 Å². The minimum Gasteiger partial charge on any atom is -0.477 e. The SMILES string of the molecule is Cc1ccc2c(=O)n(Cc3ccccc3)c(C(=O)O)c(-c3ccccc3)c2c1. The van der Waals surface area contributed by atoms with Crippen LogP contribution in [0.25, 0.3) is 21.9 Å². The van der Waals surface area contributed by atoms with Gasteiger partial charge in [0, 0.05) is 10.9 Å². The van der Waals surface area contributed by atoms with Gasteiger partial charge in [-0.3, -0.25) is 9.36 Å². The van der Waals surface area contributed by atoms with Gasteiger partial charge in [0.15, 0.2) is 0 Å². The summed E-state index contributed by atoms with van der Waals surface area (Å²) < 4.78 is 1.37. The van der Waals surface area contributed by atoms with Gasteiger partial charge in [-0.15, -0.1) is 0 Å². The smallest absolute Gasteiger partial charge is 0.353 e. The standard InChI is InChI=1S/C24H19NO3/c1-16-12-13-19-20(14-16)21(18-10-6-3-7-11-18)22(24(27)28)25(23(19)26)15-17-8-4-2-5-9-17/h2-14H,15H2,1H3,(H,27,28). The number of fused-ring (bicyclic) bond motifs is 1. The quantitative estimate of drug-likeness (QED) is 0.566. The molecule has 28 heavy (non-hydrogen) atoms. The second-order valence-electron chi connectivity index (χ2n) is 6.82. The predicted octanol–water partition coefficient (Wildman–Crippen LogP) is 4.72. The molecule has 0 spiro atoms. The number of rotatable bonds is 4. The molecule has 0 atom stereocenters. The maximum Gasteiger partial charge on any atom is 0.353 e. The van der Waals surface area contributed by atoms with Gasteiger partial charge in [-0.25, -0.2) is 4.79 Å². The molecular formula is C24H19NO3. The fraction of sp³-hybridized carbons (Fsp3) is 0.0833. The lowest BCUT2D eigenvalue weighted by atomic mass is 9.95. The minimum atomic E-state index is -1.12. The molecule has 0 saturated heterocycles. The molecule has 0 bridgehead atoms. The van der Waals surface area contributed by atoms with Crippen LogP contribution in [0.2, 0.25) is 0 Å². The van der Waals surface area contributed by atoms with E-state index in [-0.39, 0.29) is 17.8 Å². The Labute approximate surface area is 162 Å². The lowest BCUT2D eigenvalue weighted by Crippen LogP contribution is -2.28. The molecular weight excluding hydrogens is 350 g/mol. The van der Waals surface area contributed by atoms with Crippen molar-refractivity contribution in [3.8, 4) is 11.1 Å². The summed E-state index contributed by atoms with van der Waals surface area (Å²) in [4.78, 5) is 25.6. The van der Waals surface area contributed by atoms with Crippen molar-refractivity contribution in [3.05, 3.63) is 106 Å². The van der Waals surface area contributed by atoms with E-state index in [9.17, 15) is 14.7 Å². The average Bonchev–Trinajstić information content (AvgIpc) is 2.71. The fourth-order valence-corrected chi connectivity index (χ4v) is 3.60. The van der Waals surface area contributed by atoms with Crippen molar-refractivity contribution >= 4 is 16.7 Å². The molecule has 0 saturated carbocycles. The number of aromatic carboxylic acids is 1. The van der Waals surface area contributed by atoms with Crippen molar-refractivity contribution in [2.24, 2.45) is 0 Å². The molecule has 138 valence electrons. The van der Waals surface area contributed by atoms with Gasteiger partial charge in [-0.05, 0) is 29.5 Å². The molecule has 4 nitrogen and oxygen atoms in total. The van der Waals surface area contributed by atoms with Crippen LogP contribution in [-0.4, -0.2) is 15.6 Å². The molecule has 4 heteroatoms. The second kappa shape index (κ2) is 7.16. The maximum absolute atomic E-state index is 13.3. The van der Waals surface area contributed by atoms with Crippen LogP contribution in [0.4, 0.5) is 0 Å². The van der Waals surface area contributed by atoms with Crippen LogP contribution in [0.15, 0.2) is 83.7 Å². The van der Waals surface area contributed by atoms with Gasteiger partial charge in [-0.2, -0.15) is 0 Å². The van der Waals surface area contributed by atoms with Gasteiger partial charge >= 0.3 is 5.97 Å². The lowest BCUT2D eigenvalue weighted by molar-refractivity contribution is 0.0685. The Bertz CT molecular complexity index is 1230. The van der Waals surface area contributed by atoms with E-state index in [1.54, 1.807) is 6.07 Å². The molecule has 0 aliphatic rings. The van der Waals surface area contributed by atoms with E-state index >= 15 is 0 Å². The van der Waals surface area contributed by atoms with Gasteiger partial charge < -0.3 is 5.11 Å². The zero-order valence-electron chi connectivity index (χ0n) is 15.4. The van der Waals surface area contributed by atoms with Crippen molar-refractivity contribution in [2.45, 2.75) is 13.5 Å². The maximum atomic E-state index is 13.3. The summed E-state index contributed by atoms with van der Waals surface area (Å²) in [6.45, 7) is 2.13. The zero-order chi connectivity index (χ0) is 19.7. The van der Waals surface area contributed by atoms with Gasteiger partial charge in [0.1, 0.15) is 5.69 Å². The molecule has 4 aromatic rings. The predicted molar refractivity (Wildman–Crippen MR) is 111 cm³/mol. The first-order chi connectivity index (χ1) is 13.6. The summed E-state index contributed by atoms with van der Waals surface area (Å²) in [5.74, 6) is -1.12. The summed E-state index contributed by atoms with van der Waals surface area (Å²) in [7, 11) is 0. The summed E-state index contributed by atoms with van der Waals surface area (Å²) in [5, 5.41) is 11.3. The van der Waals surface area contributed by atoms with E-state index in [0.29, 0.717) is 16.3 Å². The van der Waals surface area contributed by atoms with E-state index in [0.717, 1.165) is 16.7 Å². The number of carboxylic acid groups (broad SMARTS) is 1. The third kappa shape index (κ3) is 3.09. The van der Waals surface area contributed by atoms with E-state index in [4.69, 9.17) is 0 Å². The number of carboxylic acids is 1. The van der Waals surface area contributed by atoms with Gasteiger partial charge in [0.05, 0.1) is 6.54 Å². The molecule has 3 aromatic carbocycles. The highest BCUT2D eigenvalue weighted by Crippen LogP contribution is 2.31. The van der Waals surface area contributed by atoms with E-state index in [1.165, 1.54) is 4.57 Å². The first-order valence-electron chi connectivity index (χ1n) is 9.06. The first-order valence-corrected chi connectivity index (χ1v) is 9.06. The Morgan fingerprint density at radius 1 is 0.893 bits per heavy atom.